The van der Waals surface area contributed by atoms with Gasteiger partial charge in [0.2, 0.25) is 5.91 Å². The molecular weight excluding hydrogens is 337 g/mol. The molecule has 5 nitrogen and oxygen atoms in total. The molecule has 0 saturated heterocycles. The lowest BCUT2D eigenvalue weighted by atomic mass is 10.2. The summed E-state index contributed by atoms with van der Waals surface area (Å²) in [7, 11) is 1.58. The molecule has 1 aromatic carbocycles. The summed E-state index contributed by atoms with van der Waals surface area (Å²) in [5, 5.41) is 6.47. The zero-order valence-corrected chi connectivity index (χ0v) is 14.5. The zero-order chi connectivity index (χ0) is 17.0. The number of nitrogens with zero attached hydrogens (tertiary/aromatic N) is 1. The van der Waals surface area contributed by atoms with E-state index in [1.807, 2.05) is 25.1 Å². The summed E-state index contributed by atoms with van der Waals surface area (Å²) in [4.78, 5) is 16.3. The fourth-order valence-electron chi connectivity index (χ4n) is 1.96. The molecule has 7 heteroatoms. The summed E-state index contributed by atoms with van der Waals surface area (Å²) < 4.78 is 5.29. The zero-order valence-electron chi connectivity index (χ0n) is 13.0. The van der Waals surface area contributed by atoms with Crippen molar-refractivity contribution >= 4 is 40.6 Å². The van der Waals surface area contributed by atoms with Crippen molar-refractivity contribution < 1.29 is 9.53 Å². The lowest BCUT2D eigenvalue weighted by Crippen LogP contribution is -2.32. The maximum Gasteiger partial charge on any atom is 0.247 e. The summed E-state index contributed by atoms with van der Waals surface area (Å²) >= 11 is 11.8. The van der Waals surface area contributed by atoms with Crippen LogP contribution in [0.25, 0.3) is 0 Å². The van der Waals surface area contributed by atoms with Crippen LogP contribution in [-0.4, -0.2) is 24.0 Å². The van der Waals surface area contributed by atoms with Gasteiger partial charge in [-0.1, -0.05) is 29.3 Å². The van der Waals surface area contributed by atoms with Gasteiger partial charge in [0.15, 0.2) is 5.82 Å². The van der Waals surface area contributed by atoms with Gasteiger partial charge in [0.25, 0.3) is 0 Å². The number of carbonyl (C=O) groups is 1. The van der Waals surface area contributed by atoms with Gasteiger partial charge >= 0.3 is 0 Å². The minimum atomic E-state index is -0.515. The molecule has 0 aliphatic rings. The lowest BCUT2D eigenvalue weighted by molar-refractivity contribution is -0.116. The number of rotatable bonds is 5. The number of aryl methyl sites for hydroxylation is 1. The third-order valence-electron chi connectivity index (χ3n) is 3.17. The molecule has 1 aromatic heterocycles. The summed E-state index contributed by atoms with van der Waals surface area (Å²) in [6.45, 7) is 3.70. The van der Waals surface area contributed by atoms with Crippen LogP contribution < -0.4 is 15.4 Å². The van der Waals surface area contributed by atoms with Crippen LogP contribution in [-0.2, 0) is 4.79 Å². The van der Waals surface area contributed by atoms with Gasteiger partial charge in [0, 0.05) is 6.20 Å². The van der Waals surface area contributed by atoms with Gasteiger partial charge < -0.3 is 15.4 Å². The number of benzene rings is 1. The van der Waals surface area contributed by atoms with Crippen molar-refractivity contribution in [2.24, 2.45) is 0 Å². The van der Waals surface area contributed by atoms with E-state index in [2.05, 4.69) is 15.6 Å². The van der Waals surface area contributed by atoms with Crippen LogP contribution in [0.3, 0.4) is 0 Å². The average molecular weight is 354 g/mol. The first-order valence-electron chi connectivity index (χ1n) is 6.94. The maximum absolute atomic E-state index is 12.3. The smallest absolute Gasteiger partial charge is 0.247 e. The number of anilines is 2. The van der Waals surface area contributed by atoms with Crippen LogP contribution in [0.4, 0.5) is 11.5 Å². The number of aromatic nitrogens is 1. The third-order valence-corrected chi connectivity index (χ3v) is 3.66. The van der Waals surface area contributed by atoms with Crippen molar-refractivity contribution in [3.05, 3.63) is 46.1 Å². The van der Waals surface area contributed by atoms with E-state index in [-0.39, 0.29) is 16.7 Å². The van der Waals surface area contributed by atoms with Crippen molar-refractivity contribution in [2.75, 3.05) is 17.7 Å². The van der Waals surface area contributed by atoms with Gasteiger partial charge in [-0.2, -0.15) is 0 Å². The van der Waals surface area contributed by atoms with Crippen LogP contribution in [0.1, 0.15) is 12.5 Å². The summed E-state index contributed by atoms with van der Waals surface area (Å²) in [5.74, 6) is 0.661. The predicted molar refractivity (Wildman–Crippen MR) is 93.7 cm³/mol. The van der Waals surface area contributed by atoms with Gasteiger partial charge in [-0.25, -0.2) is 4.98 Å². The highest BCUT2D eigenvalue weighted by Gasteiger charge is 2.17. The summed E-state index contributed by atoms with van der Waals surface area (Å²) in [6.07, 6.45) is 1.42. The normalized spacial score (nSPS) is 11.7. The van der Waals surface area contributed by atoms with Gasteiger partial charge in [0.1, 0.15) is 11.8 Å². The van der Waals surface area contributed by atoms with Crippen molar-refractivity contribution in [1.29, 1.82) is 0 Å². The maximum atomic E-state index is 12.3. The minimum Gasteiger partial charge on any atom is -0.495 e. The van der Waals surface area contributed by atoms with Crippen molar-refractivity contribution in [3.63, 3.8) is 0 Å². The number of hydrogen-bond donors (Lipinski definition) is 2. The second-order valence-electron chi connectivity index (χ2n) is 5.04. The third kappa shape index (κ3) is 4.50. The molecule has 122 valence electrons. The van der Waals surface area contributed by atoms with Crippen LogP contribution in [0.5, 0.6) is 5.75 Å². The first kappa shape index (κ1) is 17.4. The standard InChI is InChI=1S/C16H17Cl2N3O2/c1-9-4-5-14(23-3)13(6-9)20-10(2)16(22)21-15-12(18)7-11(17)8-19-15/h4-8,10,20H,1-3H3,(H,19,21,22). The SMILES string of the molecule is COc1ccc(C)cc1NC(C)C(=O)Nc1ncc(Cl)cc1Cl. The number of ether oxygens (including phenoxy) is 1. The molecule has 23 heavy (non-hydrogen) atoms. The fraction of sp³-hybridized carbons (Fsp3) is 0.250. The first-order valence-corrected chi connectivity index (χ1v) is 7.69. The minimum absolute atomic E-state index is 0.269. The van der Waals surface area contributed by atoms with E-state index in [1.165, 1.54) is 12.3 Å². The summed E-state index contributed by atoms with van der Waals surface area (Å²) in [6, 6.07) is 6.70. The highest BCUT2D eigenvalue weighted by atomic mass is 35.5. The molecule has 2 rings (SSSR count). The van der Waals surface area contributed by atoms with E-state index in [0.717, 1.165) is 11.3 Å². The molecular formula is C16H17Cl2N3O2. The molecule has 0 bridgehead atoms. The molecule has 0 fully saturated rings. The topological polar surface area (TPSA) is 63.2 Å². The quantitative estimate of drug-likeness (QED) is 0.847. The molecule has 0 saturated carbocycles. The van der Waals surface area contributed by atoms with Crippen LogP contribution in [0, 0.1) is 6.92 Å². The molecule has 0 aliphatic carbocycles. The van der Waals surface area contributed by atoms with Gasteiger partial charge in [-0.05, 0) is 37.6 Å². The Hall–Kier alpha value is -1.98. The van der Waals surface area contributed by atoms with E-state index >= 15 is 0 Å². The first-order chi connectivity index (χ1) is 10.9. The lowest BCUT2D eigenvalue weighted by Gasteiger charge is -2.18. The van der Waals surface area contributed by atoms with Crippen molar-refractivity contribution in [1.82, 2.24) is 4.98 Å². The highest BCUT2D eigenvalue weighted by Crippen LogP contribution is 2.26. The number of pyridine rings is 1. The number of nitrogens with one attached hydrogen (secondary N) is 2. The fourth-order valence-corrected chi connectivity index (χ4v) is 2.39. The van der Waals surface area contributed by atoms with Gasteiger partial charge in [0.05, 0.1) is 22.8 Å². The van der Waals surface area contributed by atoms with Crippen molar-refractivity contribution in [3.8, 4) is 5.75 Å². The molecule has 1 unspecified atom stereocenters. The monoisotopic (exact) mass is 353 g/mol. The largest absolute Gasteiger partial charge is 0.495 e. The Kier molecular flexibility index (Phi) is 5.69. The van der Waals surface area contributed by atoms with E-state index in [9.17, 15) is 4.79 Å². The molecule has 1 heterocycles. The molecule has 0 radical (unpaired) electrons. The average Bonchev–Trinajstić information content (AvgIpc) is 2.50. The van der Waals surface area contributed by atoms with E-state index in [4.69, 9.17) is 27.9 Å². The Labute approximate surface area is 145 Å². The van der Waals surface area contributed by atoms with E-state index < -0.39 is 6.04 Å². The number of carbonyl (C=O) groups excluding carboxylic acids is 1. The molecule has 2 aromatic rings. The number of methoxy groups -OCH3 is 1. The Morgan fingerprint density at radius 2 is 2.04 bits per heavy atom. The Balaban J connectivity index is 2.10. The predicted octanol–water partition coefficient (Wildman–Crippen LogP) is 4.14. The Morgan fingerprint density at radius 3 is 2.70 bits per heavy atom. The molecule has 0 aliphatic heterocycles. The Bertz CT molecular complexity index is 722. The molecule has 1 amide bonds. The molecule has 1 atom stereocenters. The van der Waals surface area contributed by atoms with Crippen LogP contribution in [0.2, 0.25) is 10.0 Å². The van der Waals surface area contributed by atoms with Crippen LogP contribution in [0.15, 0.2) is 30.5 Å². The highest BCUT2D eigenvalue weighted by molar-refractivity contribution is 6.36. The van der Waals surface area contributed by atoms with E-state index in [0.29, 0.717) is 10.8 Å². The van der Waals surface area contributed by atoms with Gasteiger partial charge in [-0.3, -0.25) is 4.79 Å². The Morgan fingerprint density at radius 1 is 1.30 bits per heavy atom. The molecule has 0 spiro atoms. The van der Waals surface area contributed by atoms with Crippen molar-refractivity contribution in [2.45, 2.75) is 19.9 Å². The second kappa shape index (κ2) is 7.53. The van der Waals surface area contributed by atoms with E-state index in [1.54, 1.807) is 14.0 Å². The number of halogens is 2. The van der Waals surface area contributed by atoms with Crippen LogP contribution >= 0.6 is 23.2 Å². The molecule has 2 N–H and O–H groups in total. The second-order valence-corrected chi connectivity index (χ2v) is 5.89. The summed E-state index contributed by atoms with van der Waals surface area (Å²) in [5.41, 5.74) is 1.80. The number of hydrogen-bond acceptors (Lipinski definition) is 4. The number of amides is 1. The van der Waals surface area contributed by atoms with Gasteiger partial charge in [-0.15, -0.1) is 0 Å².